The number of fused-ring (bicyclic) bond motifs is 11. The van der Waals surface area contributed by atoms with Gasteiger partial charge < -0.3 is 13.4 Å². The van der Waals surface area contributed by atoms with Crippen LogP contribution in [0.25, 0.3) is 127 Å². The van der Waals surface area contributed by atoms with Crippen molar-refractivity contribution in [2.75, 3.05) is 0 Å². The van der Waals surface area contributed by atoms with Crippen molar-refractivity contribution in [2.24, 2.45) is 0 Å². The van der Waals surface area contributed by atoms with Gasteiger partial charge in [0.05, 0.1) is 27.6 Å². The second-order valence-corrected chi connectivity index (χ2v) is 15.7. The van der Waals surface area contributed by atoms with E-state index in [1.807, 2.05) is 36.4 Å². The van der Waals surface area contributed by atoms with Gasteiger partial charge >= 0.3 is 0 Å². The fraction of sp³-hybridized carbons (Fsp3) is 0. The molecule has 0 N–H and O–H groups in total. The summed E-state index contributed by atoms with van der Waals surface area (Å²) in [6.45, 7) is 0. The number of nitrogens with zero attached hydrogens (tertiary/aromatic N) is 3. The first-order valence-corrected chi connectivity index (χ1v) is 20.6. The van der Waals surface area contributed by atoms with Crippen molar-refractivity contribution in [1.82, 2.24) is 14.5 Å². The van der Waals surface area contributed by atoms with E-state index in [2.05, 4.69) is 168 Å². The molecule has 0 fully saturated rings. The average Bonchev–Trinajstić information content (AvgIpc) is 4.00. The van der Waals surface area contributed by atoms with Crippen LogP contribution < -0.4 is 0 Å². The molecule has 13 rings (SSSR count). The Balaban J connectivity index is 0.943. The predicted molar refractivity (Wildman–Crippen MR) is 250 cm³/mol. The van der Waals surface area contributed by atoms with Crippen molar-refractivity contribution < 1.29 is 8.83 Å². The third-order valence-corrected chi connectivity index (χ3v) is 12.2. The fourth-order valence-corrected chi connectivity index (χ4v) is 9.31. The van der Waals surface area contributed by atoms with Gasteiger partial charge in [-0.2, -0.15) is 0 Å². The van der Waals surface area contributed by atoms with Gasteiger partial charge in [0.1, 0.15) is 22.3 Å². The number of hydrogen-bond donors (Lipinski definition) is 0. The molecule has 0 saturated heterocycles. The van der Waals surface area contributed by atoms with Gasteiger partial charge in [0, 0.05) is 49.1 Å². The second-order valence-electron chi connectivity index (χ2n) is 15.7. The molecular weight excluding hydrogens is 747 g/mol. The SMILES string of the molecule is c1ccc(-c2nc(-c3cccc(-c4ccc(-n5c6ccc(-c7ccc8oc9ccccc9c8c7)cc6c6c7oc8ccccc8c7ccc65)cc4)c3)nc3ccccc23)cc1. The zero-order valence-corrected chi connectivity index (χ0v) is 32.7. The summed E-state index contributed by atoms with van der Waals surface area (Å²) in [4.78, 5) is 10.2. The van der Waals surface area contributed by atoms with E-state index in [1.54, 1.807) is 0 Å². The normalized spacial score (nSPS) is 11.9. The summed E-state index contributed by atoms with van der Waals surface area (Å²) in [5.74, 6) is 0.704. The standard InChI is InChI=1S/C56H33N3O2/c1-2-11-35(12-3-1)54-44-17-4-7-18-47(44)57-56(58-54)39-14-10-13-36(31-39)34-21-25-40(26-22-34)59-48-28-23-37(38-24-30-52-45(32-38)42-16-6-8-19-50(42)60-52)33-46(48)53-49(59)29-27-43-41-15-5-9-20-51(41)61-55(43)53/h1-33H. The molecule has 0 saturated carbocycles. The van der Waals surface area contributed by atoms with Gasteiger partial charge in [0.15, 0.2) is 5.82 Å². The van der Waals surface area contributed by atoms with Gasteiger partial charge in [-0.15, -0.1) is 0 Å². The zero-order valence-electron chi connectivity index (χ0n) is 32.7. The summed E-state index contributed by atoms with van der Waals surface area (Å²) in [5, 5.41) is 7.74. The summed E-state index contributed by atoms with van der Waals surface area (Å²) in [7, 11) is 0. The van der Waals surface area contributed by atoms with Crippen molar-refractivity contribution in [3.8, 4) is 50.6 Å². The fourth-order valence-electron chi connectivity index (χ4n) is 9.31. The topological polar surface area (TPSA) is 57.0 Å². The lowest BCUT2D eigenvalue weighted by atomic mass is 10.00. The Morgan fingerprint density at radius 1 is 0.344 bits per heavy atom. The van der Waals surface area contributed by atoms with Crippen molar-refractivity contribution in [2.45, 2.75) is 0 Å². The van der Waals surface area contributed by atoms with Gasteiger partial charge in [-0.25, -0.2) is 9.97 Å². The van der Waals surface area contributed by atoms with E-state index in [0.717, 1.165) is 121 Å². The largest absolute Gasteiger partial charge is 0.456 e. The van der Waals surface area contributed by atoms with Crippen LogP contribution >= 0.6 is 0 Å². The van der Waals surface area contributed by atoms with Crippen molar-refractivity contribution >= 4 is 76.6 Å². The van der Waals surface area contributed by atoms with Gasteiger partial charge in [0.25, 0.3) is 0 Å². The molecule has 9 aromatic carbocycles. The van der Waals surface area contributed by atoms with Crippen LogP contribution in [-0.4, -0.2) is 14.5 Å². The Hall–Kier alpha value is -8.28. The molecule has 0 aliphatic carbocycles. The third kappa shape index (κ3) is 5.27. The van der Waals surface area contributed by atoms with Gasteiger partial charge in [-0.05, 0) is 95.1 Å². The van der Waals surface area contributed by atoms with E-state index in [-0.39, 0.29) is 0 Å². The van der Waals surface area contributed by atoms with Crippen LogP contribution in [0.2, 0.25) is 0 Å². The van der Waals surface area contributed by atoms with Crippen molar-refractivity contribution in [3.05, 3.63) is 200 Å². The Labute approximate surface area is 349 Å². The van der Waals surface area contributed by atoms with Crippen LogP contribution in [0.3, 0.4) is 0 Å². The molecule has 284 valence electrons. The summed E-state index contributed by atoms with van der Waals surface area (Å²) in [5.41, 5.74) is 15.2. The van der Waals surface area contributed by atoms with E-state index < -0.39 is 0 Å². The minimum Gasteiger partial charge on any atom is -0.456 e. The highest BCUT2D eigenvalue weighted by Gasteiger charge is 2.20. The van der Waals surface area contributed by atoms with E-state index in [0.29, 0.717) is 5.82 Å². The Morgan fingerprint density at radius 2 is 0.951 bits per heavy atom. The van der Waals surface area contributed by atoms with Crippen molar-refractivity contribution in [3.63, 3.8) is 0 Å². The first kappa shape index (κ1) is 33.7. The first-order valence-electron chi connectivity index (χ1n) is 20.6. The molecule has 5 nitrogen and oxygen atoms in total. The lowest BCUT2D eigenvalue weighted by Crippen LogP contribution is -1.95. The lowest BCUT2D eigenvalue weighted by Gasteiger charge is -2.12. The molecule has 0 bridgehead atoms. The van der Waals surface area contributed by atoms with Crippen LogP contribution in [0.1, 0.15) is 0 Å². The first-order chi connectivity index (χ1) is 30.2. The number of furan rings is 2. The highest BCUT2D eigenvalue weighted by molar-refractivity contribution is 6.24. The average molecular weight is 780 g/mol. The molecule has 0 aliphatic rings. The highest BCUT2D eigenvalue weighted by Crippen LogP contribution is 2.43. The maximum Gasteiger partial charge on any atom is 0.160 e. The molecule has 0 unspecified atom stereocenters. The van der Waals surface area contributed by atoms with Crippen LogP contribution in [0.15, 0.2) is 209 Å². The number of para-hydroxylation sites is 3. The van der Waals surface area contributed by atoms with Gasteiger partial charge in [0.2, 0.25) is 0 Å². The molecule has 4 heterocycles. The molecule has 0 spiro atoms. The number of benzene rings is 9. The van der Waals surface area contributed by atoms with Crippen LogP contribution in [-0.2, 0) is 0 Å². The molecule has 61 heavy (non-hydrogen) atoms. The van der Waals surface area contributed by atoms with Crippen LogP contribution in [0.4, 0.5) is 0 Å². The number of rotatable bonds is 5. The van der Waals surface area contributed by atoms with Crippen LogP contribution in [0.5, 0.6) is 0 Å². The van der Waals surface area contributed by atoms with Crippen molar-refractivity contribution in [1.29, 1.82) is 0 Å². The van der Waals surface area contributed by atoms with Gasteiger partial charge in [-0.1, -0.05) is 127 Å². The minimum atomic E-state index is 0.704. The Morgan fingerprint density at radius 3 is 1.79 bits per heavy atom. The molecule has 0 atom stereocenters. The van der Waals surface area contributed by atoms with E-state index in [9.17, 15) is 0 Å². The Kier molecular flexibility index (Phi) is 7.24. The second kappa shape index (κ2) is 13.1. The summed E-state index contributed by atoms with van der Waals surface area (Å²) in [6, 6.07) is 70.3. The van der Waals surface area contributed by atoms with E-state index in [4.69, 9.17) is 18.8 Å². The summed E-state index contributed by atoms with van der Waals surface area (Å²) in [6.07, 6.45) is 0. The molecule has 13 aromatic rings. The molecular formula is C56H33N3O2. The molecule has 0 aliphatic heterocycles. The maximum absolute atomic E-state index is 6.71. The smallest absolute Gasteiger partial charge is 0.160 e. The number of aromatic nitrogens is 3. The highest BCUT2D eigenvalue weighted by atomic mass is 16.3. The number of hydrogen-bond acceptors (Lipinski definition) is 4. The molecule has 4 aromatic heterocycles. The molecule has 0 radical (unpaired) electrons. The zero-order chi connectivity index (χ0) is 40.0. The van der Waals surface area contributed by atoms with E-state index >= 15 is 0 Å². The Bertz CT molecular complexity index is 3870. The monoisotopic (exact) mass is 779 g/mol. The molecule has 5 heteroatoms. The minimum absolute atomic E-state index is 0.704. The molecule has 0 amide bonds. The van der Waals surface area contributed by atoms with E-state index in [1.165, 1.54) is 0 Å². The quantitative estimate of drug-likeness (QED) is 0.175. The van der Waals surface area contributed by atoms with Crippen LogP contribution in [0, 0.1) is 0 Å². The lowest BCUT2D eigenvalue weighted by molar-refractivity contribution is 0.669. The third-order valence-electron chi connectivity index (χ3n) is 12.2. The summed E-state index contributed by atoms with van der Waals surface area (Å²) < 4.78 is 15.2. The maximum atomic E-state index is 6.71. The predicted octanol–water partition coefficient (Wildman–Crippen LogP) is 15.2. The van der Waals surface area contributed by atoms with Gasteiger partial charge in [-0.3, -0.25) is 0 Å². The summed E-state index contributed by atoms with van der Waals surface area (Å²) >= 11 is 0.